The van der Waals surface area contributed by atoms with E-state index in [-0.39, 0.29) is 11.9 Å². The Hall–Kier alpha value is -1.43. The largest absolute Gasteiger partial charge is 0.346 e. The quantitative estimate of drug-likeness (QED) is 0.926. The lowest BCUT2D eigenvalue weighted by Crippen LogP contribution is -2.57. The van der Waals surface area contributed by atoms with Crippen molar-refractivity contribution in [3.63, 3.8) is 0 Å². The molecule has 3 aliphatic heterocycles. The van der Waals surface area contributed by atoms with Gasteiger partial charge in [0, 0.05) is 23.8 Å². The highest BCUT2D eigenvalue weighted by Gasteiger charge is 2.35. The summed E-state index contributed by atoms with van der Waals surface area (Å²) in [7, 11) is 0. The van der Waals surface area contributed by atoms with E-state index >= 15 is 0 Å². The van der Waals surface area contributed by atoms with E-state index in [1.54, 1.807) is 6.20 Å². The van der Waals surface area contributed by atoms with Crippen LogP contribution in [0.25, 0.3) is 10.4 Å². The van der Waals surface area contributed by atoms with Crippen molar-refractivity contribution in [1.29, 1.82) is 0 Å². The number of fused-ring (bicyclic) bond motifs is 3. The number of amides is 1. The summed E-state index contributed by atoms with van der Waals surface area (Å²) in [5.74, 6) is 0.568. The van der Waals surface area contributed by atoms with E-state index in [2.05, 4.69) is 15.2 Å². The summed E-state index contributed by atoms with van der Waals surface area (Å²) in [5.41, 5.74) is 0.997. The Morgan fingerprint density at radius 1 is 1.35 bits per heavy atom. The van der Waals surface area contributed by atoms with Gasteiger partial charge in [0.15, 0.2) is 5.01 Å². The number of carbonyl (C=O) groups is 1. The molecular weight excluding hydrogens is 330 g/mol. The Balaban J connectivity index is 1.47. The molecule has 4 nitrogen and oxygen atoms in total. The number of hydrogen-bond donors (Lipinski definition) is 1. The van der Waals surface area contributed by atoms with Crippen LogP contribution in [0.3, 0.4) is 0 Å². The molecule has 2 bridgehead atoms. The Kier molecular flexibility index (Phi) is 4.09. The Morgan fingerprint density at radius 3 is 2.87 bits per heavy atom. The summed E-state index contributed by atoms with van der Waals surface area (Å²) >= 11 is 7.45. The molecule has 1 atom stereocenters. The van der Waals surface area contributed by atoms with Gasteiger partial charge < -0.3 is 10.2 Å². The lowest BCUT2D eigenvalue weighted by atomic mass is 9.84. The minimum absolute atomic E-state index is 0.0537. The summed E-state index contributed by atoms with van der Waals surface area (Å²) in [6.45, 7) is 3.32. The third-order valence-electron chi connectivity index (χ3n) is 4.78. The fourth-order valence-corrected chi connectivity index (χ4v) is 4.52. The van der Waals surface area contributed by atoms with E-state index in [1.165, 1.54) is 37.3 Å². The second kappa shape index (κ2) is 6.23. The van der Waals surface area contributed by atoms with Crippen LogP contribution in [0, 0.1) is 5.92 Å². The minimum atomic E-state index is -0.0537. The molecule has 1 amide bonds. The first-order chi connectivity index (χ1) is 11.2. The zero-order chi connectivity index (χ0) is 15.8. The molecule has 0 unspecified atom stereocenters. The Morgan fingerprint density at radius 2 is 2.17 bits per heavy atom. The van der Waals surface area contributed by atoms with Gasteiger partial charge in [-0.25, -0.2) is 4.98 Å². The molecule has 0 spiro atoms. The van der Waals surface area contributed by atoms with Crippen molar-refractivity contribution in [3.05, 3.63) is 40.5 Å². The lowest BCUT2D eigenvalue weighted by molar-refractivity contribution is 0.0620. The summed E-state index contributed by atoms with van der Waals surface area (Å²) in [6.07, 6.45) is 4.13. The van der Waals surface area contributed by atoms with E-state index < -0.39 is 0 Å². The molecule has 5 rings (SSSR count). The summed E-state index contributed by atoms with van der Waals surface area (Å²) in [4.78, 5) is 20.2. The molecule has 0 aliphatic carbocycles. The molecule has 6 heteroatoms. The first-order valence-electron chi connectivity index (χ1n) is 7.94. The Bertz CT molecular complexity index is 724. The van der Waals surface area contributed by atoms with Crippen LogP contribution in [-0.2, 0) is 0 Å². The van der Waals surface area contributed by atoms with Gasteiger partial charge in [0.2, 0.25) is 0 Å². The maximum Gasteiger partial charge on any atom is 0.280 e. The number of aromatic nitrogens is 1. The van der Waals surface area contributed by atoms with Gasteiger partial charge in [-0.15, -0.1) is 11.3 Å². The molecule has 1 N–H and O–H groups in total. The highest BCUT2D eigenvalue weighted by Crippen LogP contribution is 2.30. The van der Waals surface area contributed by atoms with Gasteiger partial charge in [-0.05, 0) is 49.5 Å². The SMILES string of the molecule is O=C(N[C@H]1CN2CCC1CC2)c1ncc(-c2cccc(Cl)c2)s1. The van der Waals surface area contributed by atoms with Gasteiger partial charge in [0.05, 0.1) is 4.88 Å². The average Bonchev–Trinajstić information content (AvgIpc) is 3.06. The van der Waals surface area contributed by atoms with Crippen molar-refractivity contribution in [1.82, 2.24) is 15.2 Å². The predicted molar refractivity (Wildman–Crippen MR) is 93.0 cm³/mol. The van der Waals surface area contributed by atoms with E-state index in [0.29, 0.717) is 15.9 Å². The van der Waals surface area contributed by atoms with Gasteiger partial charge in [-0.1, -0.05) is 23.7 Å². The van der Waals surface area contributed by atoms with Gasteiger partial charge in [0.1, 0.15) is 0 Å². The predicted octanol–water partition coefficient (Wildman–Crippen LogP) is 3.29. The molecule has 3 fully saturated rings. The minimum Gasteiger partial charge on any atom is -0.346 e. The smallest absolute Gasteiger partial charge is 0.280 e. The van der Waals surface area contributed by atoms with Crippen molar-refractivity contribution in [2.24, 2.45) is 5.92 Å². The topological polar surface area (TPSA) is 45.2 Å². The number of benzene rings is 1. The Labute approximate surface area is 144 Å². The van der Waals surface area contributed by atoms with E-state index in [0.717, 1.165) is 17.0 Å². The fraction of sp³-hybridized carbons (Fsp3) is 0.412. The summed E-state index contributed by atoms with van der Waals surface area (Å²) < 4.78 is 0. The van der Waals surface area contributed by atoms with Crippen molar-refractivity contribution >= 4 is 28.8 Å². The summed E-state index contributed by atoms with van der Waals surface area (Å²) in [6, 6.07) is 7.89. The highest BCUT2D eigenvalue weighted by molar-refractivity contribution is 7.17. The molecule has 2 aromatic rings. The molecule has 3 aliphatic rings. The number of halogens is 1. The molecule has 23 heavy (non-hydrogen) atoms. The third kappa shape index (κ3) is 3.13. The number of thiazole rings is 1. The molecule has 4 heterocycles. The van der Waals surface area contributed by atoms with Crippen LogP contribution in [0.15, 0.2) is 30.5 Å². The molecule has 0 saturated carbocycles. The van der Waals surface area contributed by atoms with Gasteiger partial charge in [-0.3, -0.25) is 4.79 Å². The standard InChI is InChI=1S/C17H18ClN3OS/c18-13-3-1-2-12(8-13)15-9-19-17(23-15)16(22)20-14-10-21-6-4-11(14)5-7-21/h1-3,8-9,11,14H,4-7,10H2,(H,20,22)/t14-/m0/s1. The van der Waals surface area contributed by atoms with E-state index in [9.17, 15) is 4.79 Å². The maximum absolute atomic E-state index is 12.5. The van der Waals surface area contributed by atoms with Crippen LogP contribution in [0.4, 0.5) is 0 Å². The monoisotopic (exact) mass is 347 g/mol. The fourth-order valence-electron chi connectivity index (χ4n) is 3.51. The van der Waals surface area contributed by atoms with Crippen LogP contribution in [0.2, 0.25) is 5.02 Å². The van der Waals surface area contributed by atoms with E-state index in [4.69, 9.17) is 11.6 Å². The maximum atomic E-state index is 12.5. The number of carbonyl (C=O) groups excluding carboxylic acids is 1. The van der Waals surface area contributed by atoms with Gasteiger partial charge in [0.25, 0.3) is 5.91 Å². The zero-order valence-electron chi connectivity index (χ0n) is 12.7. The van der Waals surface area contributed by atoms with Crippen LogP contribution < -0.4 is 5.32 Å². The van der Waals surface area contributed by atoms with Crippen molar-refractivity contribution in [2.45, 2.75) is 18.9 Å². The number of hydrogen-bond acceptors (Lipinski definition) is 4. The first-order valence-corrected chi connectivity index (χ1v) is 9.13. The molecule has 1 aromatic heterocycles. The van der Waals surface area contributed by atoms with Crippen LogP contribution in [0.5, 0.6) is 0 Å². The third-order valence-corrected chi connectivity index (χ3v) is 6.06. The number of piperidine rings is 3. The molecule has 120 valence electrons. The molecular formula is C17H18ClN3OS. The van der Waals surface area contributed by atoms with Crippen LogP contribution >= 0.6 is 22.9 Å². The number of rotatable bonds is 3. The number of nitrogens with one attached hydrogen (secondary N) is 1. The normalized spacial score (nSPS) is 26.2. The van der Waals surface area contributed by atoms with Gasteiger partial charge in [-0.2, -0.15) is 0 Å². The van der Waals surface area contributed by atoms with Crippen LogP contribution in [0.1, 0.15) is 22.6 Å². The first kappa shape index (κ1) is 15.1. The number of nitrogens with zero attached hydrogens (tertiary/aromatic N) is 2. The second-order valence-electron chi connectivity index (χ2n) is 6.26. The highest BCUT2D eigenvalue weighted by atomic mass is 35.5. The molecule has 3 saturated heterocycles. The summed E-state index contributed by atoms with van der Waals surface area (Å²) in [5, 5.41) is 4.40. The average molecular weight is 348 g/mol. The van der Waals surface area contributed by atoms with E-state index in [1.807, 2.05) is 24.3 Å². The zero-order valence-corrected chi connectivity index (χ0v) is 14.2. The van der Waals surface area contributed by atoms with Crippen molar-refractivity contribution in [2.75, 3.05) is 19.6 Å². The second-order valence-corrected chi connectivity index (χ2v) is 7.73. The lowest BCUT2D eigenvalue weighted by Gasteiger charge is -2.44. The van der Waals surface area contributed by atoms with Crippen molar-refractivity contribution < 1.29 is 4.79 Å². The molecule has 1 aromatic carbocycles. The molecule has 0 radical (unpaired) electrons. The van der Waals surface area contributed by atoms with Crippen molar-refractivity contribution in [3.8, 4) is 10.4 Å². The van der Waals surface area contributed by atoms with Gasteiger partial charge >= 0.3 is 0 Å². The van der Waals surface area contributed by atoms with Crippen LogP contribution in [-0.4, -0.2) is 41.5 Å².